The van der Waals surface area contributed by atoms with Gasteiger partial charge in [0.2, 0.25) is 11.8 Å². The second kappa shape index (κ2) is 8.97. The number of amides is 2. The minimum atomic E-state index is -4.72. The molecule has 2 aromatic rings. The van der Waals surface area contributed by atoms with Crippen LogP contribution in [-0.4, -0.2) is 66.6 Å². The van der Waals surface area contributed by atoms with Gasteiger partial charge in [0, 0.05) is 37.6 Å². The number of carbonyl (C=O) groups is 2. The summed E-state index contributed by atoms with van der Waals surface area (Å²) in [6, 6.07) is 8.01. The van der Waals surface area contributed by atoms with Gasteiger partial charge in [-0.05, 0) is 23.6 Å². The minimum absolute atomic E-state index is 0.0806. The molecule has 2 aliphatic heterocycles. The summed E-state index contributed by atoms with van der Waals surface area (Å²) in [5.41, 5.74) is 0.297. The first kappa shape index (κ1) is 21.8. The Balaban J connectivity index is 1.47. The van der Waals surface area contributed by atoms with Crippen molar-refractivity contribution < 1.29 is 22.8 Å². The van der Waals surface area contributed by atoms with E-state index in [1.54, 1.807) is 23.5 Å². The number of thiophene rings is 1. The molecule has 3 heterocycles. The van der Waals surface area contributed by atoms with Crippen LogP contribution in [0.25, 0.3) is 0 Å². The van der Waals surface area contributed by atoms with Gasteiger partial charge in [-0.3, -0.25) is 24.3 Å². The highest BCUT2D eigenvalue weighted by atomic mass is 32.1. The molecule has 2 amide bonds. The number of halogens is 3. The molecular formula is C21H23F3N4O2S. The number of hydrogen-bond donors (Lipinski definition) is 1. The SMILES string of the molecule is O=C1C[C@H](C(F)(F)F)N(C(=O)CN2CCN(Cc3cccs3)CC2)c2ccccc2N1. The van der Waals surface area contributed by atoms with Crippen LogP contribution in [0.4, 0.5) is 24.5 Å². The van der Waals surface area contributed by atoms with Gasteiger partial charge < -0.3 is 5.32 Å². The minimum Gasteiger partial charge on any atom is -0.324 e. The van der Waals surface area contributed by atoms with E-state index in [0.717, 1.165) is 24.5 Å². The van der Waals surface area contributed by atoms with E-state index in [9.17, 15) is 22.8 Å². The fourth-order valence-corrected chi connectivity index (χ4v) is 4.74. The average molecular weight is 453 g/mol. The molecule has 1 fully saturated rings. The van der Waals surface area contributed by atoms with Crippen molar-refractivity contribution in [3.8, 4) is 0 Å². The van der Waals surface area contributed by atoms with Crippen LogP contribution in [0.2, 0.25) is 0 Å². The van der Waals surface area contributed by atoms with Gasteiger partial charge in [0.15, 0.2) is 0 Å². The first-order valence-corrected chi connectivity index (χ1v) is 10.9. The Bertz CT molecular complexity index is 927. The van der Waals surface area contributed by atoms with Crippen molar-refractivity contribution in [2.75, 3.05) is 42.9 Å². The lowest BCUT2D eigenvalue weighted by molar-refractivity contribution is -0.158. The molecule has 1 aromatic carbocycles. The van der Waals surface area contributed by atoms with E-state index in [-0.39, 0.29) is 17.9 Å². The monoisotopic (exact) mass is 452 g/mol. The lowest BCUT2D eigenvalue weighted by Gasteiger charge is -2.37. The fraction of sp³-hybridized carbons (Fsp3) is 0.429. The smallest absolute Gasteiger partial charge is 0.324 e. The Morgan fingerprint density at radius 2 is 1.77 bits per heavy atom. The van der Waals surface area contributed by atoms with Gasteiger partial charge in [-0.2, -0.15) is 13.2 Å². The Morgan fingerprint density at radius 1 is 1.06 bits per heavy atom. The summed E-state index contributed by atoms with van der Waals surface area (Å²) in [5.74, 6) is -1.41. The predicted molar refractivity (Wildman–Crippen MR) is 113 cm³/mol. The first-order valence-electron chi connectivity index (χ1n) is 10.1. The number of anilines is 2. The Hall–Kier alpha value is -2.43. The number of nitrogens with zero attached hydrogens (tertiary/aromatic N) is 3. The number of benzene rings is 1. The lowest BCUT2D eigenvalue weighted by atomic mass is 10.1. The molecule has 0 bridgehead atoms. The van der Waals surface area contributed by atoms with E-state index >= 15 is 0 Å². The Kier molecular flexibility index (Phi) is 6.31. The average Bonchev–Trinajstić information content (AvgIpc) is 3.16. The van der Waals surface area contributed by atoms with Gasteiger partial charge in [-0.25, -0.2) is 0 Å². The van der Waals surface area contributed by atoms with Crippen LogP contribution >= 0.6 is 11.3 Å². The quantitative estimate of drug-likeness (QED) is 0.775. The van der Waals surface area contributed by atoms with Crippen LogP contribution in [0.1, 0.15) is 11.3 Å². The molecular weight excluding hydrogens is 429 g/mol. The van der Waals surface area contributed by atoms with Crippen LogP contribution in [0.3, 0.4) is 0 Å². The highest BCUT2D eigenvalue weighted by molar-refractivity contribution is 7.09. The van der Waals surface area contributed by atoms with Crippen LogP contribution in [0.5, 0.6) is 0 Å². The van der Waals surface area contributed by atoms with Crippen molar-refractivity contribution in [2.24, 2.45) is 0 Å². The zero-order valence-electron chi connectivity index (χ0n) is 16.8. The van der Waals surface area contributed by atoms with Crippen LogP contribution in [0, 0.1) is 0 Å². The predicted octanol–water partition coefficient (Wildman–Crippen LogP) is 3.17. The van der Waals surface area contributed by atoms with E-state index in [4.69, 9.17) is 0 Å². The van der Waals surface area contributed by atoms with Crippen molar-refractivity contribution in [1.82, 2.24) is 9.80 Å². The summed E-state index contributed by atoms with van der Waals surface area (Å²) in [7, 11) is 0. The lowest BCUT2D eigenvalue weighted by Crippen LogP contribution is -2.54. The number of rotatable bonds is 4. The standard InChI is InChI=1S/C21H23F3N4O2S/c22-21(23,24)18-12-19(29)25-16-5-1-2-6-17(16)28(18)20(30)14-27-9-7-26(8-10-27)13-15-4-3-11-31-15/h1-6,11,18H,7-10,12-14H2,(H,25,29)/t18-/m1/s1. The summed E-state index contributed by atoms with van der Waals surface area (Å²) in [6.45, 7) is 3.39. The van der Waals surface area contributed by atoms with Crippen LogP contribution < -0.4 is 10.2 Å². The summed E-state index contributed by atoms with van der Waals surface area (Å²) >= 11 is 1.69. The summed E-state index contributed by atoms with van der Waals surface area (Å²) in [6.07, 6.45) is -5.54. The zero-order valence-corrected chi connectivity index (χ0v) is 17.6. The third-order valence-corrected chi connectivity index (χ3v) is 6.42. The van der Waals surface area contributed by atoms with Gasteiger partial charge in [0.05, 0.1) is 24.3 Å². The number of hydrogen-bond acceptors (Lipinski definition) is 5. The Labute approximate surface area is 182 Å². The van der Waals surface area contributed by atoms with E-state index in [1.165, 1.54) is 17.0 Å². The molecule has 0 aliphatic carbocycles. The molecule has 0 spiro atoms. The maximum atomic E-state index is 13.8. The fourth-order valence-electron chi connectivity index (χ4n) is 3.99. The molecule has 2 aliphatic rings. The molecule has 6 nitrogen and oxygen atoms in total. The summed E-state index contributed by atoms with van der Waals surface area (Å²) in [4.78, 5) is 31.3. The van der Waals surface area contributed by atoms with Gasteiger partial charge >= 0.3 is 6.18 Å². The van der Waals surface area contributed by atoms with Gasteiger partial charge in [-0.15, -0.1) is 11.3 Å². The first-order chi connectivity index (χ1) is 14.8. The van der Waals surface area contributed by atoms with Crippen LogP contribution in [-0.2, 0) is 16.1 Å². The number of fused-ring (bicyclic) bond motifs is 1. The second-order valence-electron chi connectivity index (χ2n) is 7.72. The van der Waals surface area contributed by atoms with Gasteiger partial charge in [-0.1, -0.05) is 18.2 Å². The maximum Gasteiger partial charge on any atom is 0.409 e. The van der Waals surface area contributed by atoms with Gasteiger partial charge in [0.1, 0.15) is 6.04 Å². The molecule has 1 atom stereocenters. The molecule has 10 heteroatoms. The van der Waals surface area contributed by atoms with Gasteiger partial charge in [0.25, 0.3) is 0 Å². The van der Waals surface area contributed by atoms with Crippen molar-refractivity contribution >= 4 is 34.5 Å². The molecule has 1 N–H and O–H groups in total. The molecule has 0 saturated carbocycles. The number of nitrogens with one attached hydrogen (secondary N) is 1. The highest BCUT2D eigenvalue weighted by Gasteiger charge is 2.49. The number of piperazine rings is 1. The van der Waals surface area contributed by atoms with E-state index in [0.29, 0.717) is 13.1 Å². The van der Waals surface area contributed by atoms with Crippen molar-refractivity contribution in [3.63, 3.8) is 0 Å². The second-order valence-corrected chi connectivity index (χ2v) is 8.75. The molecule has 1 aromatic heterocycles. The van der Waals surface area contributed by atoms with E-state index < -0.39 is 30.5 Å². The maximum absolute atomic E-state index is 13.8. The molecule has 166 valence electrons. The third kappa shape index (κ3) is 5.08. The zero-order chi connectivity index (χ0) is 22.0. The molecule has 0 unspecified atom stereocenters. The topological polar surface area (TPSA) is 55.9 Å². The Morgan fingerprint density at radius 3 is 2.45 bits per heavy atom. The van der Waals surface area contributed by atoms with E-state index in [2.05, 4.69) is 16.3 Å². The number of alkyl halides is 3. The number of carbonyl (C=O) groups excluding carboxylic acids is 2. The van der Waals surface area contributed by atoms with Crippen molar-refractivity contribution in [3.05, 3.63) is 46.7 Å². The normalized spacial score (nSPS) is 20.8. The summed E-state index contributed by atoms with van der Waals surface area (Å²) < 4.78 is 41.4. The van der Waals surface area contributed by atoms with Crippen molar-refractivity contribution in [2.45, 2.75) is 25.2 Å². The highest BCUT2D eigenvalue weighted by Crippen LogP contribution is 2.37. The largest absolute Gasteiger partial charge is 0.409 e. The third-order valence-electron chi connectivity index (χ3n) is 5.56. The van der Waals surface area contributed by atoms with Crippen LogP contribution in [0.15, 0.2) is 41.8 Å². The molecule has 0 radical (unpaired) electrons. The molecule has 31 heavy (non-hydrogen) atoms. The van der Waals surface area contributed by atoms with Crippen molar-refractivity contribution in [1.29, 1.82) is 0 Å². The molecule has 4 rings (SSSR count). The summed E-state index contributed by atoms with van der Waals surface area (Å²) in [5, 5.41) is 4.52. The molecule has 1 saturated heterocycles. The van der Waals surface area contributed by atoms with E-state index in [1.807, 2.05) is 16.3 Å². The number of para-hydroxylation sites is 2.